The van der Waals surface area contributed by atoms with Gasteiger partial charge < -0.3 is 0 Å². The van der Waals surface area contributed by atoms with Gasteiger partial charge in [0.2, 0.25) is 0 Å². The van der Waals surface area contributed by atoms with Crippen molar-refractivity contribution in [1.82, 2.24) is 10.9 Å². The number of hydrazine groups is 2. The molecule has 0 bridgehead atoms. The smallest absolute Gasteiger partial charge is 0.00978 e. The Hall–Kier alpha value is 0.420. The Labute approximate surface area is 73.9 Å². The highest BCUT2D eigenvalue weighted by molar-refractivity contribution is 5.85. The van der Waals surface area contributed by atoms with Crippen LogP contribution >= 0.6 is 24.8 Å². The Morgan fingerprint density at radius 2 is 1.10 bits per heavy atom. The van der Waals surface area contributed by atoms with E-state index in [0.29, 0.717) is 0 Å². The van der Waals surface area contributed by atoms with Gasteiger partial charge in [0.05, 0.1) is 0 Å². The first kappa shape index (κ1) is 16.8. The molecule has 4 nitrogen and oxygen atoms in total. The second kappa shape index (κ2) is 16.2. The van der Waals surface area contributed by atoms with Gasteiger partial charge in [0.25, 0.3) is 0 Å². The fourth-order valence-corrected chi connectivity index (χ4v) is 0.454. The van der Waals surface area contributed by atoms with Crippen molar-refractivity contribution >= 4 is 24.8 Å². The van der Waals surface area contributed by atoms with E-state index in [1.165, 1.54) is 0 Å². The lowest BCUT2D eigenvalue weighted by Crippen LogP contribution is -2.26. The molecule has 66 valence electrons. The molecule has 0 radical (unpaired) electrons. The molecular formula is C4H16Cl2N4. The molecule has 0 heterocycles. The number of halogens is 2. The fourth-order valence-electron chi connectivity index (χ4n) is 0.454. The van der Waals surface area contributed by atoms with Crippen molar-refractivity contribution in [3.8, 4) is 0 Å². The summed E-state index contributed by atoms with van der Waals surface area (Å²) in [6.07, 6.45) is 2.14. The highest BCUT2D eigenvalue weighted by atomic mass is 35.5. The van der Waals surface area contributed by atoms with Crippen LogP contribution in [-0.2, 0) is 0 Å². The predicted molar refractivity (Wildman–Crippen MR) is 48.1 cm³/mol. The number of nitrogens with one attached hydrogen (secondary N) is 2. The average molecular weight is 191 g/mol. The summed E-state index contributed by atoms with van der Waals surface area (Å²) in [7, 11) is 0. The zero-order valence-corrected chi connectivity index (χ0v) is 7.43. The number of nitrogens with two attached hydrogens (primary N) is 2. The monoisotopic (exact) mass is 190 g/mol. The van der Waals surface area contributed by atoms with Crippen molar-refractivity contribution in [1.29, 1.82) is 0 Å². The number of hydrogen-bond acceptors (Lipinski definition) is 4. The van der Waals surface area contributed by atoms with E-state index in [4.69, 9.17) is 11.7 Å². The van der Waals surface area contributed by atoms with Crippen molar-refractivity contribution in [2.24, 2.45) is 11.7 Å². The van der Waals surface area contributed by atoms with E-state index in [2.05, 4.69) is 10.9 Å². The van der Waals surface area contributed by atoms with Gasteiger partial charge in [-0.15, -0.1) is 24.8 Å². The first-order valence-electron chi connectivity index (χ1n) is 2.78. The zero-order valence-electron chi connectivity index (χ0n) is 5.80. The molecule has 10 heavy (non-hydrogen) atoms. The van der Waals surface area contributed by atoms with Crippen molar-refractivity contribution in [3.63, 3.8) is 0 Å². The Bertz CT molecular complexity index is 40.2. The van der Waals surface area contributed by atoms with Gasteiger partial charge in [-0.3, -0.25) is 22.5 Å². The fraction of sp³-hybridized carbons (Fsp3) is 1.00. The van der Waals surface area contributed by atoms with E-state index < -0.39 is 0 Å². The molecule has 0 aliphatic carbocycles. The van der Waals surface area contributed by atoms with Crippen LogP contribution in [0, 0.1) is 0 Å². The van der Waals surface area contributed by atoms with E-state index in [1.807, 2.05) is 0 Å². The number of unbranched alkanes of at least 4 members (excludes halogenated alkanes) is 1. The maximum absolute atomic E-state index is 5.01. The summed E-state index contributed by atoms with van der Waals surface area (Å²) in [6, 6.07) is 0. The van der Waals surface area contributed by atoms with E-state index in [9.17, 15) is 0 Å². The third kappa shape index (κ3) is 15.8. The van der Waals surface area contributed by atoms with Gasteiger partial charge >= 0.3 is 0 Å². The highest BCUT2D eigenvalue weighted by Gasteiger charge is 1.82. The third-order valence-electron chi connectivity index (χ3n) is 0.892. The lowest BCUT2D eigenvalue weighted by atomic mass is 10.3. The molecule has 0 aromatic rings. The van der Waals surface area contributed by atoms with Crippen molar-refractivity contribution in [3.05, 3.63) is 0 Å². The molecule has 6 N–H and O–H groups in total. The summed E-state index contributed by atoms with van der Waals surface area (Å²) in [5.41, 5.74) is 5.12. The molecule has 0 unspecified atom stereocenters. The number of hydrogen-bond donors (Lipinski definition) is 4. The lowest BCUT2D eigenvalue weighted by Gasteiger charge is -1.96. The van der Waals surface area contributed by atoms with Gasteiger partial charge in [-0.05, 0) is 12.8 Å². The van der Waals surface area contributed by atoms with Gasteiger partial charge in [-0.25, -0.2) is 0 Å². The summed E-state index contributed by atoms with van der Waals surface area (Å²) in [4.78, 5) is 0. The predicted octanol–water partition coefficient (Wildman–Crippen LogP) is -0.463. The normalized spacial score (nSPS) is 7.80. The Morgan fingerprint density at radius 3 is 1.30 bits per heavy atom. The summed E-state index contributed by atoms with van der Waals surface area (Å²) in [5, 5.41) is 0. The zero-order chi connectivity index (χ0) is 6.24. The lowest BCUT2D eigenvalue weighted by molar-refractivity contribution is 0.605. The summed E-state index contributed by atoms with van der Waals surface area (Å²) in [6.45, 7) is 1.73. The van der Waals surface area contributed by atoms with Gasteiger partial charge in [0.1, 0.15) is 0 Å². The minimum Gasteiger partial charge on any atom is -0.271 e. The topological polar surface area (TPSA) is 76.1 Å². The molecule has 0 atom stereocenters. The Morgan fingerprint density at radius 1 is 0.800 bits per heavy atom. The summed E-state index contributed by atoms with van der Waals surface area (Å²) < 4.78 is 0. The van der Waals surface area contributed by atoms with Gasteiger partial charge in [-0.1, -0.05) is 0 Å². The molecule has 0 aromatic heterocycles. The van der Waals surface area contributed by atoms with Gasteiger partial charge in [0.15, 0.2) is 0 Å². The first-order chi connectivity index (χ1) is 3.91. The molecule has 0 aliphatic rings. The number of rotatable bonds is 5. The second-order valence-corrected chi connectivity index (χ2v) is 1.62. The minimum absolute atomic E-state index is 0. The largest absolute Gasteiger partial charge is 0.271 e. The molecule has 0 aliphatic heterocycles. The van der Waals surface area contributed by atoms with Crippen LogP contribution in [0.25, 0.3) is 0 Å². The van der Waals surface area contributed by atoms with Gasteiger partial charge in [-0.2, -0.15) is 0 Å². The van der Waals surface area contributed by atoms with Crippen LogP contribution in [-0.4, -0.2) is 13.1 Å². The van der Waals surface area contributed by atoms with Crippen molar-refractivity contribution in [2.45, 2.75) is 12.8 Å². The maximum Gasteiger partial charge on any atom is 0.00978 e. The van der Waals surface area contributed by atoms with Crippen molar-refractivity contribution in [2.75, 3.05) is 13.1 Å². The second-order valence-electron chi connectivity index (χ2n) is 1.62. The summed E-state index contributed by atoms with van der Waals surface area (Å²) >= 11 is 0. The molecule has 0 spiro atoms. The Kier molecular flexibility index (Phi) is 27.2. The maximum atomic E-state index is 5.01. The van der Waals surface area contributed by atoms with Crippen LogP contribution in [0.5, 0.6) is 0 Å². The SMILES string of the molecule is Cl.Cl.NNCCCCNN. The Balaban J connectivity index is -0.000000245. The standard InChI is InChI=1S/C4H14N4.2ClH/c5-7-3-1-2-4-8-6;;/h7-8H,1-6H2;2*1H. The third-order valence-corrected chi connectivity index (χ3v) is 0.892. The van der Waals surface area contributed by atoms with Crippen LogP contribution in [0.15, 0.2) is 0 Å². The van der Waals surface area contributed by atoms with Crippen LogP contribution < -0.4 is 22.5 Å². The molecule has 0 saturated carbocycles. The highest BCUT2D eigenvalue weighted by Crippen LogP contribution is 1.80. The van der Waals surface area contributed by atoms with E-state index in [1.54, 1.807) is 0 Å². The molecule has 0 saturated heterocycles. The van der Waals surface area contributed by atoms with E-state index >= 15 is 0 Å². The van der Waals surface area contributed by atoms with Crippen molar-refractivity contribution < 1.29 is 0 Å². The van der Waals surface area contributed by atoms with E-state index in [-0.39, 0.29) is 24.8 Å². The summed E-state index contributed by atoms with van der Waals surface area (Å²) in [5.74, 6) is 10.0. The van der Waals surface area contributed by atoms with E-state index in [0.717, 1.165) is 25.9 Å². The molecule has 6 heteroatoms. The average Bonchev–Trinajstić information content (AvgIpc) is 1.81. The quantitative estimate of drug-likeness (QED) is 0.269. The molecule has 0 rings (SSSR count). The molecular weight excluding hydrogens is 175 g/mol. The first-order valence-corrected chi connectivity index (χ1v) is 2.78. The van der Waals surface area contributed by atoms with Crippen LogP contribution in [0.3, 0.4) is 0 Å². The molecule has 0 amide bonds. The van der Waals surface area contributed by atoms with Crippen LogP contribution in [0.4, 0.5) is 0 Å². The molecule has 0 fully saturated rings. The van der Waals surface area contributed by atoms with Gasteiger partial charge in [0, 0.05) is 13.1 Å². The minimum atomic E-state index is 0. The molecule has 0 aromatic carbocycles. The van der Waals surface area contributed by atoms with Crippen LogP contribution in [0.2, 0.25) is 0 Å². The van der Waals surface area contributed by atoms with Crippen LogP contribution in [0.1, 0.15) is 12.8 Å².